The molecule has 3 unspecified atom stereocenters. The van der Waals surface area contributed by atoms with Crippen LogP contribution >= 0.6 is 0 Å². The lowest BCUT2D eigenvalue weighted by atomic mass is 10.0. The molecule has 7 heteroatoms. The first-order valence-corrected chi connectivity index (χ1v) is 14.7. The molecule has 2 N–H and O–H groups in total. The number of quaternary nitrogens is 1. The van der Waals surface area contributed by atoms with Gasteiger partial charge in [-0.15, -0.1) is 0 Å². The third-order valence-electron chi connectivity index (χ3n) is 7.75. The van der Waals surface area contributed by atoms with Gasteiger partial charge in [0.2, 0.25) is 0 Å². The van der Waals surface area contributed by atoms with Crippen molar-refractivity contribution in [3.05, 3.63) is 12.2 Å². The summed E-state index contributed by atoms with van der Waals surface area (Å²) >= 11 is 0. The summed E-state index contributed by atoms with van der Waals surface area (Å²) in [4.78, 5) is 34.2. The molecule has 0 aromatic heterocycles. The highest BCUT2D eigenvalue weighted by Gasteiger charge is 2.30. The summed E-state index contributed by atoms with van der Waals surface area (Å²) in [5, 5.41) is 30.1. The molecule has 0 aliphatic rings. The molecule has 0 aromatic rings. The molecule has 0 spiro atoms. The van der Waals surface area contributed by atoms with Crippen LogP contribution in [0.1, 0.15) is 118 Å². The zero-order valence-electron chi connectivity index (χ0n) is 24.1. The van der Waals surface area contributed by atoms with E-state index in [-0.39, 0.29) is 0 Å². The standard InChI is InChI=1S/C30H55NO6/c1-5-6-7-8-9-10-11-12-13-14-15-16-17-21-31(22-18-25(2)28(32)33,23-19-26(3)29(34)35)24-20-27(4)30(36)37/h8-9,25-27H,5-7,10-24H2,1-4H3,(H2-,32,33,34,35,36,37)/b9-8+. The number of nitrogens with zero attached hydrogens (tertiary/aromatic N) is 1. The van der Waals surface area contributed by atoms with Crippen molar-refractivity contribution in [1.82, 2.24) is 0 Å². The minimum Gasteiger partial charge on any atom is -0.550 e. The van der Waals surface area contributed by atoms with E-state index in [1.807, 2.05) is 0 Å². The van der Waals surface area contributed by atoms with Crippen LogP contribution in [0.4, 0.5) is 0 Å². The summed E-state index contributed by atoms with van der Waals surface area (Å²) in [6.45, 7) is 9.90. The fraction of sp³-hybridized carbons (Fsp3) is 0.833. The third kappa shape index (κ3) is 18.1. The summed E-state index contributed by atoms with van der Waals surface area (Å²) in [6.07, 6.45) is 19.0. The maximum atomic E-state index is 11.4. The number of hydrogen-bond donors (Lipinski definition) is 2. The van der Waals surface area contributed by atoms with Crippen molar-refractivity contribution in [3.63, 3.8) is 0 Å². The zero-order chi connectivity index (χ0) is 28.1. The van der Waals surface area contributed by atoms with E-state index in [1.54, 1.807) is 20.8 Å². The van der Waals surface area contributed by atoms with Crippen LogP contribution in [0.3, 0.4) is 0 Å². The largest absolute Gasteiger partial charge is 0.550 e. The quantitative estimate of drug-likeness (QED) is 0.0902. The minimum absolute atomic E-state index is 0.443. The van der Waals surface area contributed by atoms with Crippen molar-refractivity contribution in [3.8, 4) is 0 Å². The highest BCUT2D eigenvalue weighted by molar-refractivity contribution is 5.69. The van der Waals surface area contributed by atoms with Gasteiger partial charge in [-0.3, -0.25) is 9.59 Å². The molecule has 216 valence electrons. The highest BCUT2D eigenvalue weighted by Crippen LogP contribution is 2.21. The van der Waals surface area contributed by atoms with Gasteiger partial charge in [0.1, 0.15) is 0 Å². The number of carboxylic acid groups (broad SMARTS) is 3. The molecule has 0 fully saturated rings. The number of hydrogen-bond acceptors (Lipinski definition) is 4. The Morgan fingerprint density at radius 2 is 1.05 bits per heavy atom. The van der Waals surface area contributed by atoms with Crippen molar-refractivity contribution >= 4 is 17.9 Å². The van der Waals surface area contributed by atoms with Gasteiger partial charge in [-0.1, -0.05) is 78.4 Å². The first kappa shape index (κ1) is 35.1. The Bertz CT molecular complexity index is 603. The number of unbranched alkanes of at least 4 members (excludes halogenated alkanes) is 9. The van der Waals surface area contributed by atoms with Crippen LogP contribution in [0.25, 0.3) is 0 Å². The Hall–Kier alpha value is -1.89. The molecule has 0 amide bonds. The highest BCUT2D eigenvalue weighted by atomic mass is 16.4. The monoisotopic (exact) mass is 525 g/mol. The Labute approximate surface area is 225 Å². The third-order valence-corrected chi connectivity index (χ3v) is 7.75. The molecule has 0 rings (SSSR count). The van der Waals surface area contributed by atoms with Crippen LogP contribution in [0.15, 0.2) is 12.2 Å². The summed E-state index contributed by atoms with van der Waals surface area (Å²) in [6, 6.07) is 0. The number of allylic oxidation sites excluding steroid dienone is 2. The SMILES string of the molecule is CCCC/C=C/CCCCCCCCC[N+](CCC(C)C(=O)[O-])(CCC(C)C(=O)O)CCC(C)C(=O)O. The molecule has 7 nitrogen and oxygen atoms in total. The topological polar surface area (TPSA) is 115 Å². The van der Waals surface area contributed by atoms with Crippen LogP contribution < -0.4 is 5.11 Å². The fourth-order valence-corrected chi connectivity index (χ4v) is 4.59. The van der Waals surface area contributed by atoms with Crippen molar-refractivity contribution in [2.24, 2.45) is 17.8 Å². The zero-order valence-corrected chi connectivity index (χ0v) is 24.1. The van der Waals surface area contributed by atoms with Gasteiger partial charge in [0, 0.05) is 31.1 Å². The minimum atomic E-state index is -1.08. The second-order valence-corrected chi connectivity index (χ2v) is 11.2. The van der Waals surface area contributed by atoms with Gasteiger partial charge >= 0.3 is 11.9 Å². The fourth-order valence-electron chi connectivity index (χ4n) is 4.59. The summed E-state index contributed by atoms with van der Waals surface area (Å²) < 4.78 is 0.581. The van der Waals surface area contributed by atoms with Crippen LogP contribution in [0, 0.1) is 17.8 Å². The molecule has 0 bridgehead atoms. The van der Waals surface area contributed by atoms with Gasteiger partial charge in [-0.2, -0.15) is 0 Å². The maximum Gasteiger partial charge on any atom is 0.306 e. The van der Waals surface area contributed by atoms with Crippen LogP contribution in [-0.4, -0.2) is 58.8 Å². The Morgan fingerprint density at radius 1 is 0.649 bits per heavy atom. The molecule has 0 saturated heterocycles. The molecule has 0 radical (unpaired) electrons. The maximum absolute atomic E-state index is 11.4. The number of aliphatic carboxylic acids is 3. The van der Waals surface area contributed by atoms with Gasteiger partial charge < -0.3 is 24.6 Å². The average molecular weight is 526 g/mol. The summed E-state index contributed by atoms with van der Waals surface area (Å²) in [7, 11) is 0. The number of carboxylic acids is 3. The van der Waals surface area contributed by atoms with E-state index in [0.29, 0.717) is 43.4 Å². The van der Waals surface area contributed by atoms with Crippen molar-refractivity contribution in [2.75, 3.05) is 26.2 Å². The van der Waals surface area contributed by atoms with E-state index in [1.165, 1.54) is 44.9 Å². The molecule has 0 aliphatic carbocycles. The number of rotatable bonds is 25. The van der Waals surface area contributed by atoms with E-state index >= 15 is 0 Å². The lowest BCUT2D eigenvalue weighted by Gasteiger charge is -2.41. The Morgan fingerprint density at radius 3 is 1.49 bits per heavy atom. The molecule has 0 aromatic carbocycles. The van der Waals surface area contributed by atoms with Crippen molar-refractivity contribution < 1.29 is 34.2 Å². The lowest BCUT2D eigenvalue weighted by Crippen LogP contribution is -2.52. The van der Waals surface area contributed by atoms with E-state index in [0.717, 1.165) is 32.2 Å². The first-order valence-electron chi connectivity index (χ1n) is 14.7. The molecule has 0 heterocycles. The van der Waals surface area contributed by atoms with Crippen LogP contribution in [-0.2, 0) is 14.4 Å². The van der Waals surface area contributed by atoms with E-state index in [2.05, 4.69) is 19.1 Å². The second-order valence-electron chi connectivity index (χ2n) is 11.2. The van der Waals surface area contributed by atoms with Crippen LogP contribution in [0.5, 0.6) is 0 Å². The summed E-state index contributed by atoms with van der Waals surface area (Å²) in [5.41, 5.74) is 0. The normalized spacial score (nSPS) is 15.8. The van der Waals surface area contributed by atoms with Gasteiger partial charge in [0.15, 0.2) is 0 Å². The van der Waals surface area contributed by atoms with Gasteiger partial charge in [-0.05, 0) is 32.1 Å². The van der Waals surface area contributed by atoms with Gasteiger partial charge in [-0.25, -0.2) is 0 Å². The molecular weight excluding hydrogens is 470 g/mol. The molecule has 0 saturated carbocycles. The van der Waals surface area contributed by atoms with Gasteiger partial charge in [0.05, 0.1) is 38.0 Å². The average Bonchev–Trinajstić information content (AvgIpc) is 2.86. The summed E-state index contributed by atoms with van der Waals surface area (Å²) in [5.74, 6) is -4.32. The Balaban J connectivity index is 4.86. The Kier molecular flexibility index (Phi) is 20.0. The van der Waals surface area contributed by atoms with Crippen LogP contribution in [0.2, 0.25) is 0 Å². The smallest absolute Gasteiger partial charge is 0.306 e. The van der Waals surface area contributed by atoms with E-state index in [9.17, 15) is 29.7 Å². The molecule has 37 heavy (non-hydrogen) atoms. The van der Waals surface area contributed by atoms with E-state index < -0.39 is 35.7 Å². The van der Waals surface area contributed by atoms with Crippen molar-refractivity contribution in [2.45, 2.75) is 118 Å². The predicted molar refractivity (Wildman–Crippen MR) is 147 cm³/mol. The predicted octanol–water partition coefficient (Wildman–Crippen LogP) is 5.67. The van der Waals surface area contributed by atoms with Crippen molar-refractivity contribution in [1.29, 1.82) is 0 Å². The number of carbonyl (C=O) groups excluding carboxylic acids is 1. The van der Waals surface area contributed by atoms with E-state index in [4.69, 9.17) is 0 Å². The molecular formula is C30H55NO6. The second kappa shape index (κ2) is 21.1. The molecule has 0 aliphatic heterocycles. The first-order chi connectivity index (χ1) is 17.5. The van der Waals surface area contributed by atoms with Gasteiger partial charge in [0.25, 0.3) is 0 Å². The number of carbonyl (C=O) groups is 3. The lowest BCUT2D eigenvalue weighted by molar-refractivity contribution is -0.929. The molecule has 3 atom stereocenters.